The molecule has 1 aromatic carbocycles. The first-order chi connectivity index (χ1) is 9.06. The smallest absolute Gasteiger partial charge is 0.303 e. The van der Waals surface area contributed by atoms with Gasteiger partial charge >= 0.3 is 5.97 Å². The Morgan fingerprint density at radius 3 is 2.58 bits per heavy atom. The van der Waals surface area contributed by atoms with Crippen LogP contribution in [0.15, 0.2) is 16.6 Å². The summed E-state index contributed by atoms with van der Waals surface area (Å²) in [5.74, 6) is 1.03. The van der Waals surface area contributed by atoms with Crippen LogP contribution in [0.5, 0.6) is 11.5 Å². The maximum atomic E-state index is 11.1. The topological polar surface area (TPSA) is 55.8 Å². The van der Waals surface area contributed by atoms with Crippen LogP contribution in [0.3, 0.4) is 0 Å². The molecule has 0 spiro atoms. The molecule has 1 saturated carbocycles. The lowest BCUT2D eigenvalue weighted by Crippen LogP contribution is -2.10. The normalized spacial score (nSPS) is 15.9. The molecule has 0 radical (unpaired) electrons. The number of methoxy groups -OCH3 is 2. The maximum Gasteiger partial charge on any atom is 0.303 e. The van der Waals surface area contributed by atoms with Crippen LogP contribution in [-0.2, 0) is 4.79 Å². The summed E-state index contributed by atoms with van der Waals surface area (Å²) in [6.07, 6.45) is 2.30. The second kappa shape index (κ2) is 5.82. The van der Waals surface area contributed by atoms with Crippen molar-refractivity contribution >= 4 is 21.9 Å². The second-order valence-corrected chi connectivity index (χ2v) is 5.62. The van der Waals surface area contributed by atoms with Gasteiger partial charge in [-0.15, -0.1) is 0 Å². The number of benzene rings is 1. The second-order valence-electron chi connectivity index (χ2n) is 4.77. The molecular formula is C14H17BrO4. The van der Waals surface area contributed by atoms with E-state index in [1.54, 1.807) is 20.3 Å². The van der Waals surface area contributed by atoms with E-state index in [9.17, 15) is 4.79 Å². The van der Waals surface area contributed by atoms with Crippen LogP contribution in [-0.4, -0.2) is 25.3 Å². The largest absolute Gasteiger partial charge is 0.497 e. The zero-order valence-electron chi connectivity index (χ0n) is 11.0. The number of aliphatic carboxylic acids is 1. The van der Waals surface area contributed by atoms with E-state index in [4.69, 9.17) is 14.6 Å². The fourth-order valence-corrected chi connectivity index (χ4v) is 3.12. The zero-order chi connectivity index (χ0) is 14.0. The van der Waals surface area contributed by atoms with Gasteiger partial charge in [-0.25, -0.2) is 0 Å². The van der Waals surface area contributed by atoms with Gasteiger partial charge in [-0.2, -0.15) is 0 Å². The Kier molecular flexibility index (Phi) is 4.34. The number of carboxylic acid groups (broad SMARTS) is 1. The van der Waals surface area contributed by atoms with Gasteiger partial charge in [0.25, 0.3) is 0 Å². The molecule has 2 rings (SSSR count). The summed E-state index contributed by atoms with van der Waals surface area (Å²) in [7, 11) is 3.19. The third-order valence-electron chi connectivity index (χ3n) is 3.48. The number of carbonyl (C=O) groups is 1. The van der Waals surface area contributed by atoms with Crippen LogP contribution >= 0.6 is 15.9 Å². The number of hydrogen-bond acceptors (Lipinski definition) is 3. The predicted octanol–water partition coefficient (Wildman–Crippen LogP) is 3.43. The fraction of sp³-hybridized carbons (Fsp3) is 0.500. The van der Waals surface area contributed by atoms with Crippen molar-refractivity contribution in [3.63, 3.8) is 0 Å². The van der Waals surface area contributed by atoms with Crippen LogP contribution in [0.25, 0.3) is 0 Å². The minimum Gasteiger partial charge on any atom is -0.497 e. The number of ether oxygens (including phenoxy) is 2. The van der Waals surface area contributed by atoms with Gasteiger partial charge in [0.05, 0.1) is 20.6 Å². The van der Waals surface area contributed by atoms with Gasteiger partial charge in [-0.1, -0.05) is 15.9 Å². The summed E-state index contributed by atoms with van der Waals surface area (Å²) < 4.78 is 11.5. The quantitative estimate of drug-likeness (QED) is 0.869. The molecule has 0 aliphatic heterocycles. The van der Waals surface area contributed by atoms with Gasteiger partial charge < -0.3 is 14.6 Å². The molecule has 1 aromatic rings. The first kappa shape index (κ1) is 14.2. The molecule has 0 saturated heterocycles. The van der Waals surface area contributed by atoms with Crippen LogP contribution in [0, 0.1) is 5.92 Å². The van der Waals surface area contributed by atoms with Crippen LogP contribution in [0.2, 0.25) is 0 Å². The molecule has 1 aliphatic rings. The molecule has 1 unspecified atom stereocenters. The Hall–Kier alpha value is -1.23. The van der Waals surface area contributed by atoms with Crippen molar-refractivity contribution in [1.29, 1.82) is 0 Å². The van der Waals surface area contributed by atoms with Crippen molar-refractivity contribution in [3.8, 4) is 11.5 Å². The Morgan fingerprint density at radius 1 is 1.42 bits per heavy atom. The molecule has 5 heteroatoms. The molecule has 104 valence electrons. The van der Waals surface area contributed by atoms with E-state index in [2.05, 4.69) is 15.9 Å². The number of carboxylic acids is 1. The van der Waals surface area contributed by atoms with Gasteiger partial charge in [0.1, 0.15) is 11.5 Å². The highest BCUT2D eigenvalue weighted by Gasteiger charge is 2.36. The van der Waals surface area contributed by atoms with E-state index < -0.39 is 5.97 Å². The Labute approximate surface area is 120 Å². The Balaban J connectivity index is 2.42. The van der Waals surface area contributed by atoms with Crippen LogP contribution in [0.1, 0.15) is 30.7 Å². The van der Waals surface area contributed by atoms with Crippen molar-refractivity contribution < 1.29 is 19.4 Å². The highest BCUT2D eigenvalue weighted by atomic mass is 79.9. The van der Waals surface area contributed by atoms with E-state index in [1.165, 1.54) is 0 Å². The molecule has 19 heavy (non-hydrogen) atoms. The molecule has 4 nitrogen and oxygen atoms in total. The standard InChI is InChI=1S/C14H17BrO4/c1-18-9-5-11(15)14(12(6-9)19-2)10(7-13(16)17)8-3-4-8/h5-6,8,10H,3-4,7H2,1-2H3,(H,16,17). The average Bonchev–Trinajstić information content (AvgIpc) is 3.19. The number of hydrogen-bond donors (Lipinski definition) is 1. The summed E-state index contributed by atoms with van der Waals surface area (Å²) in [4.78, 5) is 11.1. The van der Waals surface area contributed by atoms with E-state index in [-0.39, 0.29) is 12.3 Å². The lowest BCUT2D eigenvalue weighted by Gasteiger charge is -2.20. The van der Waals surface area contributed by atoms with Gasteiger partial charge in [0.2, 0.25) is 0 Å². The van der Waals surface area contributed by atoms with Gasteiger partial charge in [0.15, 0.2) is 0 Å². The molecule has 0 heterocycles. The molecular weight excluding hydrogens is 312 g/mol. The van der Waals surface area contributed by atoms with E-state index in [1.807, 2.05) is 6.07 Å². The first-order valence-electron chi connectivity index (χ1n) is 6.20. The van der Waals surface area contributed by atoms with Crippen molar-refractivity contribution in [3.05, 3.63) is 22.2 Å². The molecule has 0 aromatic heterocycles. The van der Waals surface area contributed by atoms with Crippen LogP contribution < -0.4 is 9.47 Å². The molecule has 1 fully saturated rings. The van der Waals surface area contributed by atoms with Gasteiger partial charge in [-0.05, 0) is 24.8 Å². The third kappa shape index (κ3) is 3.21. The minimum absolute atomic E-state index is 0.00673. The maximum absolute atomic E-state index is 11.1. The number of rotatable bonds is 6. The first-order valence-corrected chi connectivity index (χ1v) is 6.99. The van der Waals surface area contributed by atoms with Gasteiger partial charge in [0, 0.05) is 22.0 Å². The van der Waals surface area contributed by atoms with E-state index >= 15 is 0 Å². The highest BCUT2D eigenvalue weighted by molar-refractivity contribution is 9.10. The summed E-state index contributed by atoms with van der Waals surface area (Å²) in [6.45, 7) is 0. The van der Waals surface area contributed by atoms with Crippen molar-refractivity contribution in [2.75, 3.05) is 14.2 Å². The Morgan fingerprint density at radius 2 is 2.11 bits per heavy atom. The number of halogens is 1. The van der Waals surface area contributed by atoms with E-state index in [0.717, 1.165) is 22.9 Å². The summed E-state index contributed by atoms with van der Waals surface area (Å²) in [5, 5.41) is 9.10. The zero-order valence-corrected chi connectivity index (χ0v) is 12.6. The molecule has 1 N–H and O–H groups in total. The Bertz CT molecular complexity index is 483. The predicted molar refractivity (Wildman–Crippen MR) is 75.0 cm³/mol. The molecule has 1 aliphatic carbocycles. The molecule has 0 bridgehead atoms. The minimum atomic E-state index is -0.776. The average molecular weight is 329 g/mol. The summed E-state index contributed by atoms with van der Waals surface area (Å²) >= 11 is 3.51. The monoisotopic (exact) mass is 328 g/mol. The van der Waals surface area contributed by atoms with E-state index in [0.29, 0.717) is 17.4 Å². The summed E-state index contributed by atoms with van der Waals surface area (Å²) in [5.41, 5.74) is 0.938. The van der Waals surface area contributed by atoms with Crippen LogP contribution in [0.4, 0.5) is 0 Å². The third-order valence-corrected chi connectivity index (χ3v) is 4.13. The van der Waals surface area contributed by atoms with Gasteiger partial charge in [-0.3, -0.25) is 4.79 Å². The SMILES string of the molecule is COc1cc(Br)c(C(CC(=O)O)C2CC2)c(OC)c1. The summed E-state index contributed by atoms with van der Waals surface area (Å²) in [6, 6.07) is 3.66. The van der Waals surface area contributed by atoms with Crippen molar-refractivity contribution in [2.24, 2.45) is 5.92 Å². The fourth-order valence-electron chi connectivity index (χ4n) is 2.41. The molecule has 0 amide bonds. The lowest BCUT2D eigenvalue weighted by molar-refractivity contribution is -0.137. The van der Waals surface area contributed by atoms with Crippen molar-refractivity contribution in [1.82, 2.24) is 0 Å². The molecule has 1 atom stereocenters. The van der Waals surface area contributed by atoms with Crippen molar-refractivity contribution in [2.45, 2.75) is 25.2 Å². The lowest BCUT2D eigenvalue weighted by atomic mass is 9.90. The highest BCUT2D eigenvalue weighted by Crippen LogP contribution is 2.50.